The van der Waals surface area contributed by atoms with Crippen molar-refractivity contribution < 1.29 is 13.7 Å². The molecule has 0 atom stereocenters. The molecule has 0 unspecified atom stereocenters. The lowest BCUT2D eigenvalue weighted by molar-refractivity contribution is 0.794. The summed E-state index contributed by atoms with van der Waals surface area (Å²) in [4.78, 5) is 2.00. The molecule has 0 saturated carbocycles. The van der Waals surface area contributed by atoms with E-state index in [9.17, 15) is 0 Å². The van der Waals surface area contributed by atoms with Gasteiger partial charge in [-0.25, -0.2) is 0 Å². The maximum Gasteiger partial charge on any atom is 0.0725 e. The summed E-state index contributed by atoms with van der Waals surface area (Å²) >= 11 is 0. The number of hydrogen-bond donors (Lipinski definition) is 0. The van der Waals surface area contributed by atoms with Gasteiger partial charge < -0.3 is 4.90 Å². The average Bonchev–Trinajstić information content (AvgIpc) is 3.89. The van der Waals surface area contributed by atoms with Gasteiger partial charge in [0.25, 0.3) is 0 Å². The van der Waals surface area contributed by atoms with Gasteiger partial charge in [-0.3, -0.25) is 0 Å². The molecule has 0 bridgehead atoms. The first-order chi connectivity index (χ1) is 34.9. The Balaban J connectivity index is 0.896. The second kappa shape index (κ2) is 14.6. The molecule has 0 heterocycles. The van der Waals surface area contributed by atoms with Crippen molar-refractivity contribution in [3.63, 3.8) is 0 Å². The maximum absolute atomic E-state index is 8.57. The van der Waals surface area contributed by atoms with Gasteiger partial charge in [0.1, 0.15) is 0 Å². The normalized spacial score (nSPS) is 14.9. The van der Waals surface area contributed by atoms with Gasteiger partial charge in [0, 0.05) is 17.1 Å². The third-order valence-corrected chi connectivity index (χ3v) is 12.5. The van der Waals surface area contributed by atoms with Gasteiger partial charge in [-0.1, -0.05) is 206 Å². The van der Waals surface area contributed by atoms with E-state index in [1.54, 1.807) is 24.3 Å². The molecule has 0 radical (unpaired) electrons. The van der Waals surface area contributed by atoms with Crippen molar-refractivity contribution in [3.8, 4) is 66.8 Å². The topological polar surface area (TPSA) is 3.24 Å². The predicted molar refractivity (Wildman–Crippen MR) is 259 cm³/mol. The van der Waals surface area contributed by atoms with Crippen LogP contribution in [-0.2, 0) is 5.41 Å². The Morgan fingerprint density at radius 3 is 0.984 bits per heavy atom. The van der Waals surface area contributed by atoms with Gasteiger partial charge in [-0.2, -0.15) is 0 Å². The molecule has 10 aromatic carbocycles. The largest absolute Gasteiger partial charge is 0.311 e. The minimum absolute atomic E-state index is 0.105. The van der Waals surface area contributed by atoms with Crippen molar-refractivity contribution in [1.29, 1.82) is 0 Å². The highest BCUT2D eigenvalue weighted by molar-refractivity contribution is 5.96. The zero-order chi connectivity index (χ0) is 49.7. The van der Waals surface area contributed by atoms with E-state index in [0.717, 1.165) is 27.9 Å². The van der Waals surface area contributed by atoms with Crippen molar-refractivity contribution in [2.24, 2.45) is 0 Å². The molecule has 0 fully saturated rings. The van der Waals surface area contributed by atoms with Gasteiger partial charge in [0.15, 0.2) is 0 Å². The van der Waals surface area contributed by atoms with Crippen LogP contribution in [0, 0.1) is 0 Å². The first-order valence-corrected chi connectivity index (χ1v) is 20.7. The van der Waals surface area contributed by atoms with Crippen LogP contribution in [0.15, 0.2) is 248 Å². The van der Waals surface area contributed by atoms with Crippen LogP contribution in [-0.4, -0.2) is 0 Å². The fourth-order valence-electron chi connectivity index (χ4n) is 9.72. The fraction of sp³-hybridized carbons (Fsp3) is 0.0164. The van der Waals surface area contributed by atoms with E-state index in [-0.39, 0.29) is 35.3 Å². The SMILES string of the molecule is [2H]c1c([2H])c([2H])c(-c2ccc(N(c3ccc(-c4ccc(-c5ccc6c(c5)C5(c7ccccc7-c7ccccc75)c5ccccc5-6)cc4)cc3)c3ccc(-c4c([2H])c([2H])c([2H])c([2H])c4[2H])cc3)cc2)c([2H])c1[2H]. The zero-order valence-corrected chi connectivity index (χ0v) is 33.3. The monoisotopic (exact) mass is 797 g/mol. The minimum Gasteiger partial charge on any atom is -0.311 e. The molecule has 0 saturated heterocycles. The Morgan fingerprint density at radius 1 is 0.274 bits per heavy atom. The third-order valence-electron chi connectivity index (χ3n) is 12.5. The molecular weight excluding hydrogens is 747 g/mol. The Hall–Kier alpha value is -8.00. The average molecular weight is 798 g/mol. The number of hydrogen-bond acceptors (Lipinski definition) is 1. The maximum atomic E-state index is 8.57. The number of fused-ring (bicyclic) bond motifs is 10. The second-order valence-electron chi connectivity index (χ2n) is 15.7. The summed E-state index contributed by atoms with van der Waals surface area (Å²) in [5, 5.41) is 0. The van der Waals surface area contributed by atoms with E-state index >= 15 is 0 Å². The number of nitrogens with zero attached hydrogens (tertiary/aromatic N) is 1. The van der Waals surface area contributed by atoms with Crippen LogP contribution in [0.25, 0.3) is 66.8 Å². The lowest BCUT2D eigenvalue weighted by atomic mass is 9.70. The molecule has 0 aromatic heterocycles. The summed E-state index contributed by atoms with van der Waals surface area (Å²) in [6.45, 7) is 0. The van der Waals surface area contributed by atoms with Gasteiger partial charge in [0.2, 0.25) is 0 Å². The van der Waals surface area contributed by atoms with Gasteiger partial charge in [-0.15, -0.1) is 0 Å². The van der Waals surface area contributed by atoms with Crippen molar-refractivity contribution >= 4 is 17.1 Å². The van der Waals surface area contributed by atoms with Crippen LogP contribution in [0.2, 0.25) is 0 Å². The van der Waals surface area contributed by atoms with E-state index < -0.39 is 41.7 Å². The highest BCUT2D eigenvalue weighted by Gasteiger charge is 2.51. The molecule has 12 rings (SSSR count). The van der Waals surface area contributed by atoms with Crippen molar-refractivity contribution in [2.45, 2.75) is 5.41 Å². The number of anilines is 3. The summed E-state index contributed by atoms with van der Waals surface area (Å²) in [5.74, 6) is 0. The van der Waals surface area contributed by atoms with Gasteiger partial charge >= 0.3 is 0 Å². The van der Waals surface area contributed by atoms with E-state index in [0.29, 0.717) is 22.5 Å². The Bertz CT molecular complexity index is 3620. The lowest BCUT2D eigenvalue weighted by Gasteiger charge is -2.30. The Labute approximate surface area is 377 Å². The molecule has 1 heteroatoms. The summed E-state index contributed by atoms with van der Waals surface area (Å²) in [5.41, 5.74) is 17.5. The molecule has 1 nitrogen and oxygen atoms in total. The second-order valence-corrected chi connectivity index (χ2v) is 15.7. The van der Waals surface area contributed by atoms with Crippen molar-refractivity contribution in [3.05, 3.63) is 271 Å². The first-order valence-electron chi connectivity index (χ1n) is 25.7. The standard InChI is InChI=1S/C61H41N/c1-3-13-42(14-4-1)45-27-34-50(35-28-45)62(51-36-29-46(30-37-51)43-15-5-2-6-16-43)52-38-31-47(32-39-52)44-23-25-48(26-24-44)49-33-40-56-55-19-9-12-22-59(55)61(60(56)41-49)57-20-10-7-17-53(57)54-18-8-11-21-58(54)61/h1-41H/i1D,2D,3D,4D,5D,6D,13D,14D,15D,16D. The molecule has 0 N–H and O–H groups in total. The van der Waals surface area contributed by atoms with E-state index in [2.05, 4.69) is 127 Å². The predicted octanol–water partition coefficient (Wildman–Crippen LogP) is 16.2. The molecular formula is C61H41N. The quantitative estimate of drug-likeness (QED) is 0.155. The summed E-state index contributed by atoms with van der Waals surface area (Å²) in [6.07, 6.45) is 0. The summed E-state index contributed by atoms with van der Waals surface area (Å²) in [7, 11) is 0. The zero-order valence-electron chi connectivity index (χ0n) is 43.3. The summed E-state index contributed by atoms with van der Waals surface area (Å²) < 4.78 is 83.3. The Morgan fingerprint density at radius 2 is 0.581 bits per heavy atom. The Kier molecular flexibility index (Phi) is 6.36. The van der Waals surface area contributed by atoms with Crippen LogP contribution in [0.4, 0.5) is 17.1 Å². The van der Waals surface area contributed by atoms with Crippen LogP contribution in [0.1, 0.15) is 36.0 Å². The molecule has 2 aliphatic carbocycles. The molecule has 290 valence electrons. The van der Waals surface area contributed by atoms with Crippen LogP contribution < -0.4 is 4.90 Å². The van der Waals surface area contributed by atoms with Gasteiger partial charge in [0.05, 0.1) is 19.1 Å². The lowest BCUT2D eigenvalue weighted by Crippen LogP contribution is -2.25. The van der Waals surface area contributed by atoms with E-state index in [1.807, 2.05) is 41.3 Å². The molecule has 0 aliphatic heterocycles. The number of rotatable bonds is 7. The molecule has 1 spiro atoms. The van der Waals surface area contributed by atoms with Crippen molar-refractivity contribution in [2.75, 3.05) is 4.90 Å². The molecule has 10 aromatic rings. The summed E-state index contributed by atoms with van der Waals surface area (Å²) in [6, 6.07) is 60.8. The smallest absolute Gasteiger partial charge is 0.0725 e. The van der Waals surface area contributed by atoms with Gasteiger partial charge in [-0.05, 0) is 131 Å². The van der Waals surface area contributed by atoms with Crippen LogP contribution in [0.3, 0.4) is 0 Å². The molecule has 0 amide bonds. The van der Waals surface area contributed by atoms with E-state index in [1.165, 1.54) is 44.5 Å². The van der Waals surface area contributed by atoms with Crippen molar-refractivity contribution in [1.82, 2.24) is 0 Å². The fourth-order valence-corrected chi connectivity index (χ4v) is 9.72. The highest BCUT2D eigenvalue weighted by atomic mass is 15.1. The first kappa shape index (κ1) is 27.0. The number of benzene rings is 10. The van der Waals surface area contributed by atoms with E-state index in [4.69, 9.17) is 13.7 Å². The third kappa shape index (κ3) is 5.70. The molecule has 2 aliphatic rings. The van der Waals surface area contributed by atoms with Crippen LogP contribution >= 0.6 is 0 Å². The molecule has 62 heavy (non-hydrogen) atoms. The minimum atomic E-state index is -0.454. The highest BCUT2D eigenvalue weighted by Crippen LogP contribution is 2.63. The van der Waals surface area contributed by atoms with Crippen LogP contribution in [0.5, 0.6) is 0 Å².